The number of methoxy groups -OCH3 is 2. The van der Waals surface area contributed by atoms with Crippen molar-refractivity contribution in [2.75, 3.05) is 14.2 Å². The zero-order valence-corrected chi connectivity index (χ0v) is 20.1. The molecule has 0 fully saturated rings. The number of nitrogens with zero attached hydrogens (tertiary/aromatic N) is 1. The summed E-state index contributed by atoms with van der Waals surface area (Å²) in [5, 5.41) is -0.498. The van der Waals surface area contributed by atoms with Gasteiger partial charge in [-0.1, -0.05) is 51.1 Å². The Bertz CT molecular complexity index is 871. The quantitative estimate of drug-likeness (QED) is 0.418. The average Bonchev–Trinajstić information content (AvgIpc) is 2.74. The van der Waals surface area contributed by atoms with E-state index in [9.17, 15) is 8.42 Å². The normalized spacial score (nSPS) is 13.8. The summed E-state index contributed by atoms with van der Waals surface area (Å²) in [4.78, 5) is 0. The van der Waals surface area contributed by atoms with Gasteiger partial charge < -0.3 is 9.47 Å². The Hall–Kier alpha value is -2.31. The van der Waals surface area contributed by atoms with Crippen LogP contribution in [0, 0.1) is 11.8 Å². The molecule has 2 rings (SSSR count). The van der Waals surface area contributed by atoms with Gasteiger partial charge in [-0.15, -0.1) is 6.58 Å². The fourth-order valence-corrected chi connectivity index (χ4v) is 6.36. The molecule has 2 atom stereocenters. The maximum absolute atomic E-state index is 13.9. The first-order valence-corrected chi connectivity index (χ1v) is 12.1. The van der Waals surface area contributed by atoms with Crippen molar-refractivity contribution in [3.05, 3.63) is 72.3 Å². The van der Waals surface area contributed by atoms with E-state index in [1.807, 2.05) is 69.3 Å². The molecule has 0 radical (unpaired) electrons. The summed E-state index contributed by atoms with van der Waals surface area (Å²) < 4.78 is 39.8. The highest BCUT2D eigenvalue weighted by molar-refractivity contribution is 7.89. The minimum absolute atomic E-state index is 0.0193. The van der Waals surface area contributed by atoms with Gasteiger partial charge >= 0.3 is 0 Å². The Labute approximate surface area is 187 Å². The van der Waals surface area contributed by atoms with Crippen LogP contribution < -0.4 is 9.47 Å². The third-order valence-corrected chi connectivity index (χ3v) is 8.17. The summed E-state index contributed by atoms with van der Waals surface area (Å²) in [6.45, 7) is 10.3. The van der Waals surface area contributed by atoms with E-state index >= 15 is 0 Å². The van der Waals surface area contributed by atoms with Gasteiger partial charge in [-0.3, -0.25) is 0 Å². The number of rotatable bonds is 12. The van der Waals surface area contributed by atoms with Gasteiger partial charge in [0.25, 0.3) is 0 Å². The fourth-order valence-electron chi connectivity index (χ4n) is 3.97. The number of benzene rings is 2. The Kier molecular flexibility index (Phi) is 9.14. The molecular weight excluding hydrogens is 410 g/mol. The van der Waals surface area contributed by atoms with Crippen molar-refractivity contribution in [2.24, 2.45) is 11.8 Å². The molecule has 31 heavy (non-hydrogen) atoms. The number of allylic oxidation sites excluding steroid dienone is 1. The SMILES string of the molecule is C=CCC(C)[C@H](C(C)C)S(=O)(=O)N(Cc1ccc(OC)cc1)Cc1ccc(OC)cc1. The molecule has 0 saturated carbocycles. The van der Waals surface area contributed by atoms with Crippen molar-refractivity contribution in [3.63, 3.8) is 0 Å². The monoisotopic (exact) mass is 445 g/mol. The van der Waals surface area contributed by atoms with Gasteiger partial charge in [-0.2, -0.15) is 4.31 Å². The summed E-state index contributed by atoms with van der Waals surface area (Å²) in [6.07, 6.45) is 2.45. The molecule has 6 heteroatoms. The van der Waals surface area contributed by atoms with E-state index in [4.69, 9.17) is 9.47 Å². The molecule has 2 aromatic carbocycles. The summed E-state index contributed by atoms with van der Waals surface area (Å²) in [5.74, 6) is 1.44. The van der Waals surface area contributed by atoms with E-state index in [-0.39, 0.29) is 11.8 Å². The van der Waals surface area contributed by atoms with Crippen molar-refractivity contribution < 1.29 is 17.9 Å². The molecule has 2 aromatic rings. The maximum Gasteiger partial charge on any atom is 0.218 e. The average molecular weight is 446 g/mol. The first-order chi connectivity index (χ1) is 14.7. The molecule has 0 saturated heterocycles. The van der Waals surface area contributed by atoms with Crippen LogP contribution in [0.4, 0.5) is 0 Å². The predicted octanol–water partition coefficient (Wildman–Crippen LogP) is 5.27. The second kappa shape index (κ2) is 11.3. The topological polar surface area (TPSA) is 55.8 Å². The van der Waals surface area contributed by atoms with Crippen LogP contribution in [-0.4, -0.2) is 32.2 Å². The number of ether oxygens (including phenoxy) is 2. The third-order valence-electron chi connectivity index (χ3n) is 5.50. The third kappa shape index (κ3) is 6.58. The van der Waals surface area contributed by atoms with Gasteiger partial charge in [0.1, 0.15) is 11.5 Å². The molecule has 0 amide bonds. The van der Waals surface area contributed by atoms with Gasteiger partial charge in [0.15, 0.2) is 0 Å². The van der Waals surface area contributed by atoms with Crippen LogP contribution in [0.5, 0.6) is 11.5 Å². The molecule has 0 N–H and O–H groups in total. The second-order valence-corrected chi connectivity index (χ2v) is 10.3. The van der Waals surface area contributed by atoms with Crippen molar-refractivity contribution in [1.82, 2.24) is 4.31 Å². The van der Waals surface area contributed by atoms with E-state index in [2.05, 4.69) is 6.58 Å². The van der Waals surface area contributed by atoms with E-state index < -0.39 is 15.3 Å². The molecule has 5 nitrogen and oxygen atoms in total. The summed E-state index contributed by atoms with van der Waals surface area (Å²) in [6, 6.07) is 15.1. The smallest absolute Gasteiger partial charge is 0.218 e. The number of hydrogen-bond acceptors (Lipinski definition) is 4. The van der Waals surface area contributed by atoms with Gasteiger partial charge in [-0.25, -0.2) is 8.42 Å². The van der Waals surface area contributed by atoms with Gasteiger partial charge in [-0.05, 0) is 53.6 Å². The van der Waals surface area contributed by atoms with Crippen LogP contribution in [-0.2, 0) is 23.1 Å². The van der Waals surface area contributed by atoms with Gasteiger partial charge in [0.05, 0.1) is 19.5 Å². The number of sulfonamides is 1. The van der Waals surface area contributed by atoms with Crippen molar-refractivity contribution in [1.29, 1.82) is 0 Å². The highest BCUT2D eigenvalue weighted by Crippen LogP contribution is 2.29. The fraction of sp³-hybridized carbons (Fsp3) is 0.440. The molecular formula is C25H35NO4S. The van der Waals surface area contributed by atoms with E-state index in [1.165, 1.54) is 0 Å². The van der Waals surface area contributed by atoms with E-state index in [1.54, 1.807) is 24.6 Å². The lowest BCUT2D eigenvalue weighted by molar-refractivity contribution is 0.355. The molecule has 0 aliphatic rings. The molecule has 0 aliphatic heterocycles. The predicted molar refractivity (Wildman–Crippen MR) is 127 cm³/mol. The van der Waals surface area contributed by atoms with E-state index in [0.29, 0.717) is 19.5 Å². The Morgan fingerprint density at radius 1 is 0.871 bits per heavy atom. The lowest BCUT2D eigenvalue weighted by Crippen LogP contribution is -2.43. The molecule has 0 spiro atoms. The maximum atomic E-state index is 13.9. The van der Waals surface area contributed by atoms with Crippen LogP contribution in [0.15, 0.2) is 61.2 Å². The molecule has 0 aromatic heterocycles. The van der Waals surface area contributed by atoms with E-state index in [0.717, 1.165) is 22.6 Å². The zero-order chi connectivity index (χ0) is 23.0. The first kappa shape index (κ1) is 25.0. The molecule has 0 aliphatic carbocycles. The zero-order valence-electron chi connectivity index (χ0n) is 19.2. The lowest BCUT2D eigenvalue weighted by Gasteiger charge is -2.33. The Morgan fingerprint density at radius 3 is 1.61 bits per heavy atom. The summed E-state index contributed by atoms with van der Waals surface area (Å²) in [7, 11) is -0.359. The highest BCUT2D eigenvalue weighted by atomic mass is 32.2. The highest BCUT2D eigenvalue weighted by Gasteiger charge is 2.37. The van der Waals surface area contributed by atoms with Crippen molar-refractivity contribution in [2.45, 2.75) is 45.5 Å². The van der Waals surface area contributed by atoms with Crippen LogP contribution in [0.1, 0.15) is 38.3 Å². The minimum Gasteiger partial charge on any atom is -0.497 e. The van der Waals surface area contributed by atoms with Crippen LogP contribution >= 0.6 is 0 Å². The minimum atomic E-state index is -3.59. The van der Waals surface area contributed by atoms with Crippen molar-refractivity contribution in [3.8, 4) is 11.5 Å². The summed E-state index contributed by atoms with van der Waals surface area (Å²) in [5.41, 5.74) is 1.83. The lowest BCUT2D eigenvalue weighted by atomic mass is 9.95. The molecule has 0 heterocycles. The van der Waals surface area contributed by atoms with Crippen LogP contribution in [0.2, 0.25) is 0 Å². The summed E-state index contributed by atoms with van der Waals surface area (Å²) >= 11 is 0. The van der Waals surface area contributed by atoms with Crippen molar-refractivity contribution >= 4 is 10.0 Å². The van der Waals surface area contributed by atoms with Crippen LogP contribution in [0.25, 0.3) is 0 Å². The molecule has 1 unspecified atom stereocenters. The molecule has 170 valence electrons. The van der Waals surface area contributed by atoms with Gasteiger partial charge in [0.2, 0.25) is 10.0 Å². The molecule has 0 bridgehead atoms. The largest absolute Gasteiger partial charge is 0.497 e. The Balaban J connectivity index is 2.42. The standard InChI is InChI=1S/C25H35NO4S/c1-7-8-20(4)25(19(2)3)31(27,28)26(17-21-9-13-23(29-5)14-10-21)18-22-11-15-24(30-6)16-12-22/h7,9-16,19-20,25H,1,8,17-18H2,2-6H3/t20?,25-/m0/s1. The van der Waals surface area contributed by atoms with Crippen LogP contribution in [0.3, 0.4) is 0 Å². The second-order valence-electron chi connectivity index (χ2n) is 8.22. The first-order valence-electron chi connectivity index (χ1n) is 10.6. The number of hydrogen-bond donors (Lipinski definition) is 0. The Morgan fingerprint density at radius 2 is 1.29 bits per heavy atom. The van der Waals surface area contributed by atoms with Gasteiger partial charge in [0, 0.05) is 13.1 Å².